The highest BCUT2D eigenvalue weighted by Gasteiger charge is 2.38. The number of nitrogens with one attached hydrogen (secondary N) is 2. The summed E-state index contributed by atoms with van der Waals surface area (Å²) < 4.78 is 37.0. The Morgan fingerprint density at radius 1 is 1.30 bits per heavy atom. The van der Waals surface area contributed by atoms with Crippen LogP contribution in [0.4, 0.5) is 13.2 Å². The highest BCUT2D eigenvalue weighted by atomic mass is 35.5. The lowest BCUT2D eigenvalue weighted by Crippen LogP contribution is -2.42. The average Bonchev–Trinajstić information content (AvgIpc) is 3.19. The van der Waals surface area contributed by atoms with E-state index >= 15 is 0 Å². The first-order valence-corrected chi connectivity index (χ1v) is 9.50. The molecule has 0 aliphatic carbocycles. The van der Waals surface area contributed by atoms with Gasteiger partial charge in [0.05, 0.1) is 5.02 Å². The number of rotatable bonds is 4. The van der Waals surface area contributed by atoms with Crippen molar-refractivity contribution in [1.29, 1.82) is 0 Å². The molecular weight excluding hydrogens is 427 g/mol. The summed E-state index contributed by atoms with van der Waals surface area (Å²) >= 11 is 6.14. The smallest absolute Gasteiger partial charge is 0.475 e. The second-order valence-electron chi connectivity index (χ2n) is 6.71. The Balaban J connectivity index is 0.000000396. The van der Waals surface area contributed by atoms with Crippen LogP contribution in [0.2, 0.25) is 5.02 Å². The molecule has 1 aromatic heterocycles. The van der Waals surface area contributed by atoms with Crippen molar-refractivity contribution in [2.45, 2.75) is 32.0 Å². The number of piperidine rings is 1. The van der Waals surface area contributed by atoms with E-state index in [9.17, 15) is 18.0 Å². The van der Waals surface area contributed by atoms with E-state index in [0.717, 1.165) is 31.5 Å². The maximum absolute atomic E-state index is 12.3. The number of carbonyl (C=O) groups is 2. The summed E-state index contributed by atoms with van der Waals surface area (Å²) in [4.78, 5) is 21.2. The molecule has 7 nitrogen and oxygen atoms in total. The molecule has 164 valence electrons. The van der Waals surface area contributed by atoms with Gasteiger partial charge in [0.2, 0.25) is 0 Å². The van der Waals surface area contributed by atoms with Crippen LogP contribution in [0.25, 0.3) is 11.3 Å². The number of carboxylic acids is 1. The fourth-order valence-corrected chi connectivity index (χ4v) is 3.14. The fourth-order valence-electron chi connectivity index (χ4n) is 2.91. The van der Waals surface area contributed by atoms with Gasteiger partial charge in [-0.2, -0.15) is 13.2 Å². The Hall–Kier alpha value is -2.59. The predicted molar refractivity (Wildman–Crippen MR) is 103 cm³/mol. The number of benzene rings is 1. The van der Waals surface area contributed by atoms with Gasteiger partial charge in [-0.1, -0.05) is 28.9 Å². The van der Waals surface area contributed by atoms with E-state index in [-0.39, 0.29) is 17.6 Å². The molecule has 1 atom stereocenters. The minimum atomic E-state index is -5.08. The van der Waals surface area contributed by atoms with Crippen molar-refractivity contribution < 1.29 is 32.4 Å². The minimum Gasteiger partial charge on any atom is -0.475 e. The van der Waals surface area contributed by atoms with Gasteiger partial charge in [0.1, 0.15) is 0 Å². The summed E-state index contributed by atoms with van der Waals surface area (Å²) in [6.07, 6.45) is -2.93. The van der Waals surface area contributed by atoms with Crippen molar-refractivity contribution in [3.05, 3.63) is 41.0 Å². The number of aromatic nitrogens is 1. The fraction of sp³-hybridized carbons (Fsp3) is 0.421. The van der Waals surface area contributed by atoms with E-state index in [1.165, 1.54) is 0 Å². The first kappa shape index (κ1) is 23.7. The number of nitrogens with zero attached hydrogens (tertiary/aromatic N) is 1. The predicted octanol–water partition coefficient (Wildman–Crippen LogP) is 3.75. The monoisotopic (exact) mass is 447 g/mol. The molecule has 1 amide bonds. The molecule has 3 N–H and O–H groups in total. The summed E-state index contributed by atoms with van der Waals surface area (Å²) in [6.45, 7) is 4.06. The minimum absolute atomic E-state index is 0.116. The third-order valence-corrected chi connectivity index (χ3v) is 4.90. The highest BCUT2D eigenvalue weighted by molar-refractivity contribution is 6.33. The molecule has 2 heterocycles. The molecule has 1 fully saturated rings. The molecule has 1 aliphatic rings. The van der Waals surface area contributed by atoms with Gasteiger partial charge < -0.3 is 20.3 Å². The van der Waals surface area contributed by atoms with Crippen molar-refractivity contribution >= 4 is 23.5 Å². The molecule has 11 heteroatoms. The van der Waals surface area contributed by atoms with Gasteiger partial charge in [-0.15, -0.1) is 0 Å². The average molecular weight is 448 g/mol. The van der Waals surface area contributed by atoms with E-state index in [0.29, 0.717) is 16.7 Å². The van der Waals surface area contributed by atoms with Gasteiger partial charge in [0, 0.05) is 17.7 Å². The lowest BCUT2D eigenvalue weighted by molar-refractivity contribution is -0.192. The van der Waals surface area contributed by atoms with E-state index in [1.54, 1.807) is 12.1 Å². The second kappa shape index (κ2) is 10.4. The molecule has 0 bridgehead atoms. The molecule has 0 spiro atoms. The first-order valence-electron chi connectivity index (χ1n) is 9.13. The van der Waals surface area contributed by atoms with Crippen LogP contribution in [0.3, 0.4) is 0 Å². The molecule has 1 aliphatic heterocycles. The van der Waals surface area contributed by atoms with E-state index in [2.05, 4.69) is 15.8 Å². The van der Waals surface area contributed by atoms with Gasteiger partial charge in [-0.05, 0) is 50.9 Å². The third kappa shape index (κ3) is 6.74. The Labute approximate surface area is 175 Å². The SMILES string of the molecule is C[C@H](NC(=O)c1cc(-c2ccccc2Cl)on1)C1CCNCC1.O=C(O)C(F)(F)F. The van der Waals surface area contributed by atoms with Crippen molar-refractivity contribution in [3.63, 3.8) is 0 Å². The number of alkyl halides is 3. The molecule has 2 aromatic rings. The molecule has 1 saturated heterocycles. The van der Waals surface area contributed by atoms with Crippen molar-refractivity contribution in [1.82, 2.24) is 15.8 Å². The van der Waals surface area contributed by atoms with Gasteiger partial charge >= 0.3 is 12.1 Å². The first-order chi connectivity index (χ1) is 14.1. The number of carboxylic acid groups (broad SMARTS) is 1. The lowest BCUT2D eigenvalue weighted by Gasteiger charge is -2.28. The second-order valence-corrected chi connectivity index (χ2v) is 7.12. The number of carbonyl (C=O) groups excluding carboxylic acids is 1. The van der Waals surface area contributed by atoms with Crippen LogP contribution in [0.15, 0.2) is 34.9 Å². The van der Waals surface area contributed by atoms with Gasteiger partial charge in [-0.3, -0.25) is 4.79 Å². The number of hydrogen-bond acceptors (Lipinski definition) is 5. The number of amides is 1. The van der Waals surface area contributed by atoms with Crippen LogP contribution < -0.4 is 10.6 Å². The van der Waals surface area contributed by atoms with E-state index in [4.69, 9.17) is 26.0 Å². The van der Waals surface area contributed by atoms with Crippen LogP contribution in [0, 0.1) is 5.92 Å². The van der Waals surface area contributed by atoms with E-state index in [1.807, 2.05) is 25.1 Å². The topological polar surface area (TPSA) is 104 Å². The quantitative estimate of drug-likeness (QED) is 0.659. The molecule has 0 saturated carbocycles. The molecule has 1 aromatic carbocycles. The Morgan fingerprint density at radius 3 is 2.47 bits per heavy atom. The van der Waals surface area contributed by atoms with Crippen molar-refractivity contribution in [3.8, 4) is 11.3 Å². The van der Waals surface area contributed by atoms with Crippen LogP contribution in [-0.4, -0.2) is 47.4 Å². The van der Waals surface area contributed by atoms with Gasteiger partial charge in [-0.25, -0.2) is 4.79 Å². The Bertz CT molecular complexity index is 867. The zero-order chi connectivity index (χ0) is 22.3. The Morgan fingerprint density at radius 2 is 1.90 bits per heavy atom. The zero-order valence-corrected chi connectivity index (χ0v) is 16.8. The Kier molecular flexibility index (Phi) is 8.24. The standard InChI is InChI=1S/C17H20ClN3O2.C2HF3O2/c1-11(12-6-8-19-9-7-12)20-17(22)15-10-16(23-21-15)13-4-2-3-5-14(13)18;3-2(4,5)1(6)7/h2-5,10-12,19H,6-9H2,1H3,(H,20,22);(H,6,7)/t11-;/m0./s1. The van der Waals surface area contributed by atoms with Crippen molar-refractivity contribution in [2.75, 3.05) is 13.1 Å². The van der Waals surface area contributed by atoms with Crippen molar-refractivity contribution in [2.24, 2.45) is 5.92 Å². The summed E-state index contributed by atoms with van der Waals surface area (Å²) in [5, 5.41) is 17.9. The molecular formula is C19H21ClF3N3O4. The molecule has 30 heavy (non-hydrogen) atoms. The zero-order valence-electron chi connectivity index (χ0n) is 16.0. The van der Waals surface area contributed by atoms with Gasteiger partial charge in [0.15, 0.2) is 11.5 Å². The largest absolute Gasteiger partial charge is 0.490 e. The molecule has 0 unspecified atom stereocenters. The highest BCUT2D eigenvalue weighted by Crippen LogP contribution is 2.28. The summed E-state index contributed by atoms with van der Waals surface area (Å²) in [5.74, 6) is -1.98. The summed E-state index contributed by atoms with van der Waals surface area (Å²) in [6, 6.07) is 9.07. The summed E-state index contributed by atoms with van der Waals surface area (Å²) in [7, 11) is 0. The van der Waals surface area contributed by atoms with Gasteiger partial charge in [0.25, 0.3) is 5.91 Å². The molecule has 0 radical (unpaired) electrons. The third-order valence-electron chi connectivity index (χ3n) is 4.57. The maximum Gasteiger partial charge on any atom is 0.490 e. The lowest BCUT2D eigenvalue weighted by atomic mass is 9.91. The number of hydrogen-bond donors (Lipinski definition) is 3. The summed E-state index contributed by atoms with van der Waals surface area (Å²) in [5.41, 5.74) is 1.01. The molecule has 3 rings (SSSR count). The van der Waals surface area contributed by atoms with Crippen LogP contribution >= 0.6 is 11.6 Å². The maximum atomic E-state index is 12.3. The van der Waals surface area contributed by atoms with Crippen LogP contribution in [0.5, 0.6) is 0 Å². The number of halogens is 4. The van der Waals surface area contributed by atoms with E-state index < -0.39 is 12.1 Å². The van der Waals surface area contributed by atoms with Crippen LogP contribution in [-0.2, 0) is 4.79 Å². The normalized spacial score (nSPS) is 15.6. The van der Waals surface area contributed by atoms with Crippen LogP contribution in [0.1, 0.15) is 30.3 Å². The number of aliphatic carboxylic acids is 1.